The predicted molar refractivity (Wildman–Crippen MR) is 55.6 cm³/mol. The normalized spacial score (nSPS) is 11.1. The van der Waals surface area contributed by atoms with Gasteiger partial charge in [-0.2, -0.15) is 0 Å². The molecule has 2 heterocycles. The SMILES string of the molecule is [CH2]CCn1c(=O)c2[nH]cnc2n(C)c1=O. The van der Waals surface area contributed by atoms with Crippen molar-refractivity contribution in [3.8, 4) is 0 Å². The highest BCUT2D eigenvalue weighted by Gasteiger charge is 2.11. The third-order valence-electron chi connectivity index (χ3n) is 2.30. The lowest BCUT2D eigenvalue weighted by Crippen LogP contribution is -2.39. The summed E-state index contributed by atoms with van der Waals surface area (Å²) >= 11 is 0. The maximum atomic E-state index is 11.8. The van der Waals surface area contributed by atoms with Gasteiger partial charge in [-0.1, -0.05) is 6.92 Å². The molecular weight excluding hydrogens is 196 g/mol. The fourth-order valence-electron chi connectivity index (χ4n) is 1.55. The molecule has 6 heteroatoms. The van der Waals surface area contributed by atoms with Gasteiger partial charge in [0.15, 0.2) is 5.65 Å². The smallest absolute Gasteiger partial charge is 0.332 e. The Labute approximate surface area is 85.2 Å². The van der Waals surface area contributed by atoms with Gasteiger partial charge in [-0.05, 0) is 6.42 Å². The summed E-state index contributed by atoms with van der Waals surface area (Å²) in [6, 6.07) is 0. The van der Waals surface area contributed by atoms with Crippen molar-refractivity contribution in [2.24, 2.45) is 7.05 Å². The number of nitrogens with one attached hydrogen (secondary N) is 1. The van der Waals surface area contributed by atoms with Crippen LogP contribution in [0.3, 0.4) is 0 Å². The van der Waals surface area contributed by atoms with Crippen LogP contribution < -0.4 is 11.2 Å². The molecule has 0 aliphatic rings. The molecule has 0 saturated carbocycles. The van der Waals surface area contributed by atoms with E-state index in [1.807, 2.05) is 0 Å². The average molecular weight is 207 g/mol. The first-order valence-electron chi connectivity index (χ1n) is 4.59. The van der Waals surface area contributed by atoms with Gasteiger partial charge in [-0.15, -0.1) is 0 Å². The second-order valence-corrected chi connectivity index (χ2v) is 3.25. The quantitative estimate of drug-likeness (QED) is 0.731. The van der Waals surface area contributed by atoms with Crippen molar-refractivity contribution in [3.05, 3.63) is 34.1 Å². The summed E-state index contributed by atoms with van der Waals surface area (Å²) in [5.74, 6) is 0. The summed E-state index contributed by atoms with van der Waals surface area (Å²) < 4.78 is 2.51. The molecule has 0 unspecified atom stereocenters. The topological polar surface area (TPSA) is 72.7 Å². The van der Waals surface area contributed by atoms with Gasteiger partial charge in [0.1, 0.15) is 5.52 Å². The number of hydrogen-bond donors (Lipinski definition) is 1. The van der Waals surface area contributed by atoms with Gasteiger partial charge in [0.05, 0.1) is 6.33 Å². The largest absolute Gasteiger partial charge is 0.339 e. The Morgan fingerprint density at radius 1 is 1.53 bits per heavy atom. The van der Waals surface area contributed by atoms with Crippen molar-refractivity contribution >= 4 is 11.2 Å². The number of nitrogens with zero attached hydrogens (tertiary/aromatic N) is 3. The molecule has 15 heavy (non-hydrogen) atoms. The highest BCUT2D eigenvalue weighted by molar-refractivity contribution is 5.68. The van der Waals surface area contributed by atoms with Crippen LogP contribution in [0.1, 0.15) is 6.42 Å². The van der Waals surface area contributed by atoms with Crippen molar-refractivity contribution in [3.63, 3.8) is 0 Å². The Hall–Kier alpha value is -1.85. The lowest BCUT2D eigenvalue weighted by molar-refractivity contribution is 0.609. The summed E-state index contributed by atoms with van der Waals surface area (Å²) in [7, 11) is 1.59. The Balaban J connectivity index is 2.93. The number of rotatable bonds is 2. The first-order valence-corrected chi connectivity index (χ1v) is 4.59. The zero-order valence-corrected chi connectivity index (χ0v) is 8.36. The number of aromatic amines is 1. The molecule has 0 aliphatic heterocycles. The molecular formula is C9H11N4O2. The lowest BCUT2D eigenvalue weighted by atomic mass is 10.4. The number of imidazole rings is 1. The van der Waals surface area contributed by atoms with E-state index in [0.29, 0.717) is 24.1 Å². The Kier molecular flexibility index (Phi) is 2.18. The van der Waals surface area contributed by atoms with Crippen LogP contribution in [-0.2, 0) is 13.6 Å². The van der Waals surface area contributed by atoms with E-state index in [2.05, 4.69) is 16.9 Å². The third kappa shape index (κ3) is 1.29. The zero-order valence-electron chi connectivity index (χ0n) is 8.36. The molecule has 1 N–H and O–H groups in total. The maximum absolute atomic E-state index is 11.8. The molecule has 2 aromatic heterocycles. The molecule has 0 spiro atoms. The van der Waals surface area contributed by atoms with Crippen LogP contribution in [0.4, 0.5) is 0 Å². The molecule has 0 amide bonds. The van der Waals surface area contributed by atoms with Crippen LogP contribution in [0.2, 0.25) is 0 Å². The number of aromatic nitrogens is 4. The van der Waals surface area contributed by atoms with E-state index in [1.165, 1.54) is 10.9 Å². The van der Waals surface area contributed by atoms with Crippen molar-refractivity contribution in [2.75, 3.05) is 0 Å². The predicted octanol–water partition coefficient (Wildman–Crippen LogP) is -0.353. The van der Waals surface area contributed by atoms with Crippen LogP contribution in [0.15, 0.2) is 15.9 Å². The number of hydrogen-bond acceptors (Lipinski definition) is 3. The zero-order chi connectivity index (χ0) is 11.0. The standard InChI is InChI=1S/C9H11N4O2/c1-3-4-13-8(14)6-7(11-5-10-6)12(2)9(13)15/h5H,1,3-4H2,2H3,(H,10,11). The highest BCUT2D eigenvalue weighted by Crippen LogP contribution is 1.98. The van der Waals surface area contributed by atoms with E-state index >= 15 is 0 Å². The van der Waals surface area contributed by atoms with Crippen LogP contribution in [-0.4, -0.2) is 19.1 Å². The van der Waals surface area contributed by atoms with Crippen molar-refractivity contribution < 1.29 is 0 Å². The maximum Gasteiger partial charge on any atom is 0.332 e. The Morgan fingerprint density at radius 2 is 2.27 bits per heavy atom. The van der Waals surface area contributed by atoms with Crippen molar-refractivity contribution in [2.45, 2.75) is 13.0 Å². The monoisotopic (exact) mass is 207 g/mol. The van der Waals surface area contributed by atoms with Crippen LogP contribution in [0.25, 0.3) is 11.2 Å². The van der Waals surface area contributed by atoms with Gasteiger partial charge in [-0.25, -0.2) is 9.78 Å². The van der Waals surface area contributed by atoms with Gasteiger partial charge < -0.3 is 4.98 Å². The molecule has 79 valence electrons. The molecule has 0 bridgehead atoms. The molecule has 0 saturated heterocycles. The second kappa shape index (κ2) is 3.38. The summed E-state index contributed by atoms with van der Waals surface area (Å²) in [4.78, 5) is 30.2. The summed E-state index contributed by atoms with van der Waals surface area (Å²) in [5.41, 5.74) is 0.0355. The van der Waals surface area contributed by atoms with E-state index < -0.39 is 0 Å². The van der Waals surface area contributed by atoms with Gasteiger partial charge in [0.2, 0.25) is 0 Å². The molecule has 0 atom stereocenters. The van der Waals surface area contributed by atoms with Gasteiger partial charge in [0.25, 0.3) is 5.56 Å². The Bertz CT molecular complexity index is 605. The molecule has 6 nitrogen and oxygen atoms in total. The minimum absolute atomic E-state index is 0.320. The van der Waals surface area contributed by atoms with E-state index in [9.17, 15) is 9.59 Å². The molecule has 2 rings (SSSR count). The van der Waals surface area contributed by atoms with Crippen molar-refractivity contribution in [1.82, 2.24) is 19.1 Å². The molecule has 2 aromatic rings. The van der Waals surface area contributed by atoms with Gasteiger partial charge >= 0.3 is 5.69 Å². The van der Waals surface area contributed by atoms with Gasteiger partial charge in [0, 0.05) is 13.6 Å². The lowest BCUT2D eigenvalue weighted by Gasteiger charge is -2.05. The van der Waals surface area contributed by atoms with Gasteiger partial charge in [-0.3, -0.25) is 13.9 Å². The number of H-pyrrole nitrogens is 1. The molecule has 0 aromatic carbocycles. The van der Waals surface area contributed by atoms with Crippen molar-refractivity contribution in [1.29, 1.82) is 0 Å². The summed E-state index contributed by atoms with van der Waals surface area (Å²) in [5, 5.41) is 0. The molecule has 1 radical (unpaired) electrons. The van der Waals surface area contributed by atoms with E-state index in [-0.39, 0.29) is 11.2 Å². The van der Waals surface area contributed by atoms with E-state index in [1.54, 1.807) is 7.05 Å². The fourth-order valence-corrected chi connectivity index (χ4v) is 1.55. The van der Waals surface area contributed by atoms with Crippen LogP contribution in [0.5, 0.6) is 0 Å². The minimum atomic E-state index is -0.358. The highest BCUT2D eigenvalue weighted by atomic mass is 16.2. The molecule has 0 aliphatic carbocycles. The summed E-state index contributed by atoms with van der Waals surface area (Å²) in [6.07, 6.45) is 1.90. The second-order valence-electron chi connectivity index (χ2n) is 3.25. The average Bonchev–Trinajstić information content (AvgIpc) is 2.70. The summed E-state index contributed by atoms with van der Waals surface area (Å²) in [6.45, 7) is 3.95. The van der Waals surface area contributed by atoms with Crippen LogP contribution >= 0.6 is 0 Å². The van der Waals surface area contributed by atoms with E-state index in [4.69, 9.17) is 0 Å². The number of fused-ring (bicyclic) bond motifs is 1. The first kappa shape index (κ1) is 9.70. The van der Waals surface area contributed by atoms with E-state index in [0.717, 1.165) is 4.57 Å². The third-order valence-corrected chi connectivity index (χ3v) is 2.30. The minimum Gasteiger partial charge on any atom is -0.339 e. The first-order chi connectivity index (χ1) is 7.16. The number of aryl methyl sites for hydroxylation is 1. The fraction of sp³-hybridized carbons (Fsp3) is 0.333. The molecule has 0 fully saturated rings. The Morgan fingerprint density at radius 3 is 2.93 bits per heavy atom. The van der Waals surface area contributed by atoms with Crippen LogP contribution in [0, 0.1) is 6.92 Å².